The van der Waals surface area contributed by atoms with E-state index in [-0.39, 0.29) is 24.3 Å². The van der Waals surface area contributed by atoms with Crippen LogP contribution < -0.4 is 27.4 Å². The summed E-state index contributed by atoms with van der Waals surface area (Å²) in [5, 5.41) is 25.8. The van der Waals surface area contributed by atoms with Gasteiger partial charge in [0.2, 0.25) is 23.6 Å². The number of carboxylic acid groups (broad SMARTS) is 1. The van der Waals surface area contributed by atoms with Gasteiger partial charge < -0.3 is 37.6 Å². The maximum Gasteiger partial charge on any atom is 0.327 e. The minimum atomic E-state index is -1.50. The number of carbonyl (C=O) groups excluding carboxylic acids is 4. The van der Waals surface area contributed by atoms with Crippen LogP contribution in [0.1, 0.15) is 17.5 Å². The van der Waals surface area contributed by atoms with Gasteiger partial charge in [-0.2, -0.15) is 12.6 Å². The van der Waals surface area contributed by atoms with Gasteiger partial charge in [0, 0.05) is 12.2 Å². The van der Waals surface area contributed by atoms with E-state index in [9.17, 15) is 34.2 Å². The molecule has 0 spiro atoms. The third-order valence-electron chi connectivity index (χ3n) is 5.48. The molecular formula is C25H31N5O7S. The van der Waals surface area contributed by atoms with Crippen LogP contribution in [-0.2, 0) is 36.8 Å². The molecule has 9 N–H and O–H groups in total. The zero-order valence-electron chi connectivity index (χ0n) is 20.4. The zero-order chi connectivity index (χ0) is 28.2. The molecule has 4 amide bonds. The fourth-order valence-electron chi connectivity index (χ4n) is 3.46. The largest absolute Gasteiger partial charge is 0.508 e. The first kappa shape index (κ1) is 30.1. The lowest BCUT2D eigenvalue weighted by Gasteiger charge is -2.24. The Morgan fingerprint density at radius 2 is 1.29 bits per heavy atom. The average molecular weight is 546 g/mol. The molecule has 38 heavy (non-hydrogen) atoms. The van der Waals surface area contributed by atoms with Crippen LogP contribution in [0.3, 0.4) is 0 Å². The molecule has 0 aliphatic heterocycles. The average Bonchev–Trinajstić information content (AvgIpc) is 2.87. The van der Waals surface area contributed by atoms with Crippen molar-refractivity contribution in [3.8, 4) is 5.75 Å². The van der Waals surface area contributed by atoms with Crippen molar-refractivity contribution in [3.05, 3.63) is 65.7 Å². The van der Waals surface area contributed by atoms with Gasteiger partial charge in [-0.15, -0.1) is 0 Å². The van der Waals surface area contributed by atoms with Crippen molar-refractivity contribution >= 4 is 42.2 Å². The lowest BCUT2D eigenvalue weighted by molar-refractivity contribution is -0.141. The summed E-state index contributed by atoms with van der Waals surface area (Å²) in [6, 6.07) is 9.78. The summed E-state index contributed by atoms with van der Waals surface area (Å²) in [6.45, 7) is 0. The molecule has 0 aromatic heterocycles. The van der Waals surface area contributed by atoms with Gasteiger partial charge in [-0.25, -0.2) is 4.79 Å². The number of aliphatic carboxylic acids is 1. The highest BCUT2D eigenvalue weighted by atomic mass is 32.1. The van der Waals surface area contributed by atoms with Gasteiger partial charge >= 0.3 is 5.97 Å². The quantitative estimate of drug-likeness (QED) is 0.135. The topological polar surface area (TPSA) is 214 Å². The molecule has 2 aromatic rings. The highest BCUT2D eigenvalue weighted by Crippen LogP contribution is 2.11. The number of phenols is 1. The highest BCUT2D eigenvalue weighted by molar-refractivity contribution is 7.80. The molecule has 13 heteroatoms. The van der Waals surface area contributed by atoms with E-state index < -0.39 is 60.2 Å². The summed E-state index contributed by atoms with van der Waals surface area (Å²) in [5.41, 5.74) is 12.7. The second-order valence-corrected chi connectivity index (χ2v) is 8.91. The molecule has 2 aromatic carbocycles. The van der Waals surface area contributed by atoms with Gasteiger partial charge in [-0.1, -0.05) is 42.5 Å². The number of hydrogen-bond acceptors (Lipinski definition) is 8. The fourth-order valence-corrected chi connectivity index (χ4v) is 3.70. The second kappa shape index (κ2) is 14.6. The molecule has 0 bridgehead atoms. The Morgan fingerprint density at radius 3 is 1.84 bits per heavy atom. The van der Waals surface area contributed by atoms with Gasteiger partial charge in [-0.3, -0.25) is 19.2 Å². The summed E-state index contributed by atoms with van der Waals surface area (Å²) in [7, 11) is 0. The Kier molecular flexibility index (Phi) is 11.6. The van der Waals surface area contributed by atoms with Gasteiger partial charge in [0.1, 0.15) is 23.9 Å². The summed E-state index contributed by atoms with van der Waals surface area (Å²) in [4.78, 5) is 61.6. The molecule has 0 fully saturated rings. The Morgan fingerprint density at radius 1 is 0.763 bits per heavy atom. The molecule has 0 saturated carbocycles. The van der Waals surface area contributed by atoms with E-state index in [2.05, 4.69) is 28.6 Å². The van der Waals surface area contributed by atoms with E-state index in [1.54, 1.807) is 42.5 Å². The summed E-state index contributed by atoms with van der Waals surface area (Å²) < 4.78 is 0. The van der Waals surface area contributed by atoms with Gasteiger partial charge in [-0.05, 0) is 29.7 Å². The minimum Gasteiger partial charge on any atom is -0.508 e. The van der Waals surface area contributed by atoms with Crippen LogP contribution in [0.15, 0.2) is 54.6 Å². The zero-order valence-corrected chi connectivity index (χ0v) is 21.3. The van der Waals surface area contributed by atoms with Crippen LogP contribution in [0.25, 0.3) is 0 Å². The van der Waals surface area contributed by atoms with Gasteiger partial charge in [0.25, 0.3) is 0 Å². The fraction of sp³-hybridized carbons (Fsp3) is 0.320. The molecule has 204 valence electrons. The second-order valence-electron chi connectivity index (χ2n) is 8.54. The van der Waals surface area contributed by atoms with Crippen LogP contribution in [0.2, 0.25) is 0 Å². The molecule has 0 heterocycles. The van der Waals surface area contributed by atoms with Crippen LogP contribution in [0.5, 0.6) is 5.75 Å². The number of benzene rings is 2. The first-order valence-corrected chi connectivity index (χ1v) is 12.2. The number of hydrogen-bond donors (Lipinski definition) is 8. The van der Waals surface area contributed by atoms with E-state index in [1.165, 1.54) is 12.1 Å². The van der Waals surface area contributed by atoms with Crippen LogP contribution >= 0.6 is 12.6 Å². The molecule has 12 nitrogen and oxygen atoms in total. The number of phenolic OH excluding ortho intramolecular Hbond substituents is 1. The third kappa shape index (κ3) is 9.75. The van der Waals surface area contributed by atoms with Crippen LogP contribution in [0, 0.1) is 0 Å². The van der Waals surface area contributed by atoms with Crippen molar-refractivity contribution in [3.63, 3.8) is 0 Å². The van der Waals surface area contributed by atoms with Gasteiger partial charge in [0.05, 0.1) is 12.5 Å². The lowest BCUT2D eigenvalue weighted by Crippen LogP contribution is -2.58. The maximum absolute atomic E-state index is 13.2. The molecule has 0 saturated heterocycles. The molecule has 4 atom stereocenters. The first-order chi connectivity index (χ1) is 18.0. The van der Waals surface area contributed by atoms with Crippen molar-refractivity contribution in [2.75, 3.05) is 5.75 Å². The van der Waals surface area contributed by atoms with Crippen LogP contribution in [-0.4, -0.2) is 69.7 Å². The standard InChI is InChI=1S/C25H31N5O7S/c26-17(10-15-6-8-16(31)9-7-15)22(33)28-18(11-14-4-2-1-3-5-14)23(34)29-19(12-21(27)32)24(35)30-20(13-38)25(36)37/h1-9,17-20,31,38H,10-13,26H2,(H2,27,32)(H,28,33)(H,29,34)(H,30,35)(H,36,37). The van der Waals surface area contributed by atoms with E-state index in [0.29, 0.717) is 11.1 Å². The first-order valence-electron chi connectivity index (χ1n) is 11.6. The minimum absolute atomic E-state index is 0.0314. The number of carbonyl (C=O) groups is 5. The number of thiol groups is 1. The Labute approximate surface area is 224 Å². The number of amides is 4. The molecular weight excluding hydrogens is 514 g/mol. The van der Waals surface area contributed by atoms with E-state index in [1.807, 2.05) is 0 Å². The van der Waals surface area contributed by atoms with E-state index in [0.717, 1.165) is 0 Å². The molecule has 2 rings (SSSR count). The van der Waals surface area contributed by atoms with Crippen molar-refractivity contribution in [2.24, 2.45) is 11.5 Å². The van der Waals surface area contributed by atoms with Gasteiger partial charge in [0.15, 0.2) is 0 Å². The molecule has 4 unspecified atom stereocenters. The monoisotopic (exact) mass is 545 g/mol. The maximum atomic E-state index is 13.2. The Bertz CT molecular complexity index is 1130. The van der Waals surface area contributed by atoms with Crippen molar-refractivity contribution in [1.82, 2.24) is 16.0 Å². The Hall–Kier alpha value is -4.10. The third-order valence-corrected chi connectivity index (χ3v) is 5.84. The number of aromatic hydroxyl groups is 1. The number of rotatable bonds is 14. The Balaban J connectivity index is 2.20. The van der Waals surface area contributed by atoms with Crippen LogP contribution in [0.4, 0.5) is 0 Å². The van der Waals surface area contributed by atoms with Crippen molar-refractivity contribution in [1.29, 1.82) is 0 Å². The predicted octanol–water partition coefficient (Wildman–Crippen LogP) is -1.15. The molecule has 0 aliphatic carbocycles. The number of carboxylic acids is 1. The summed E-state index contributed by atoms with van der Waals surface area (Å²) in [6.07, 6.45) is -0.453. The summed E-state index contributed by atoms with van der Waals surface area (Å²) >= 11 is 3.88. The smallest absolute Gasteiger partial charge is 0.327 e. The molecule has 0 radical (unpaired) electrons. The SMILES string of the molecule is NC(=O)CC(NC(=O)C(Cc1ccccc1)NC(=O)C(N)Cc1ccc(O)cc1)C(=O)NC(CS)C(=O)O. The number of nitrogens with two attached hydrogens (primary N) is 2. The van der Waals surface area contributed by atoms with Crippen molar-refractivity contribution < 1.29 is 34.2 Å². The normalized spacial score (nSPS) is 13.8. The van der Waals surface area contributed by atoms with E-state index >= 15 is 0 Å². The number of primary amides is 1. The number of nitrogens with one attached hydrogen (secondary N) is 3. The van der Waals surface area contributed by atoms with E-state index in [4.69, 9.17) is 11.5 Å². The lowest BCUT2D eigenvalue weighted by atomic mass is 10.0. The summed E-state index contributed by atoms with van der Waals surface area (Å²) in [5.74, 6) is -4.84. The molecule has 0 aliphatic rings. The van der Waals surface area contributed by atoms with Crippen molar-refractivity contribution in [2.45, 2.75) is 43.4 Å². The highest BCUT2D eigenvalue weighted by Gasteiger charge is 2.31. The predicted molar refractivity (Wildman–Crippen MR) is 141 cm³/mol.